The average molecular weight is 328 g/mol. The minimum atomic E-state index is -0.161. The van der Waals surface area contributed by atoms with Crippen LogP contribution in [0.5, 0.6) is 0 Å². The summed E-state index contributed by atoms with van der Waals surface area (Å²) in [5.74, 6) is 4.22. The van der Waals surface area contributed by atoms with Crippen LogP contribution in [0.25, 0.3) is 0 Å². The number of rotatable bonds is 3. The van der Waals surface area contributed by atoms with Crippen molar-refractivity contribution >= 4 is 29.4 Å². The lowest BCUT2D eigenvalue weighted by atomic mass is 10.2. The molecular formula is C13H20N4O2S2. The molecule has 0 aliphatic carbocycles. The van der Waals surface area contributed by atoms with Crippen LogP contribution in [0.2, 0.25) is 0 Å². The number of carbonyl (C=O) groups excluding carboxylic acids is 1. The van der Waals surface area contributed by atoms with E-state index in [-0.39, 0.29) is 17.3 Å². The fourth-order valence-corrected chi connectivity index (χ4v) is 5.23. The minimum absolute atomic E-state index is 0.103. The largest absolute Gasteiger partial charge is 0.366 e. The number of aryl methyl sites for hydroxylation is 1. The van der Waals surface area contributed by atoms with E-state index >= 15 is 0 Å². The first-order valence-electron chi connectivity index (χ1n) is 7.27. The number of carbonyl (C=O) groups is 1. The Balaban J connectivity index is 1.66. The SMILES string of the molecule is CCn1cnnc1[C@H]1CN(C(=O)[C@H]2CSCCS2)CCO1. The van der Waals surface area contributed by atoms with Gasteiger partial charge >= 0.3 is 0 Å². The second-order valence-corrected chi connectivity index (χ2v) is 7.51. The summed E-state index contributed by atoms with van der Waals surface area (Å²) in [5, 5.41) is 8.21. The zero-order valence-corrected chi connectivity index (χ0v) is 13.7. The number of ether oxygens (including phenoxy) is 1. The smallest absolute Gasteiger partial charge is 0.236 e. The van der Waals surface area contributed by atoms with Crippen LogP contribution in [0.15, 0.2) is 6.33 Å². The molecule has 2 atom stereocenters. The monoisotopic (exact) mass is 328 g/mol. The Labute approximate surface area is 133 Å². The zero-order chi connectivity index (χ0) is 14.7. The topological polar surface area (TPSA) is 60.2 Å². The third-order valence-electron chi connectivity index (χ3n) is 3.74. The van der Waals surface area contributed by atoms with Gasteiger partial charge in [0, 0.05) is 30.3 Å². The third-order valence-corrected chi connectivity index (χ3v) is 6.49. The Hall–Kier alpha value is -0.730. The first-order chi connectivity index (χ1) is 10.3. The molecule has 6 nitrogen and oxygen atoms in total. The molecule has 3 rings (SSSR count). The fourth-order valence-electron chi connectivity index (χ4n) is 2.60. The summed E-state index contributed by atoms with van der Waals surface area (Å²) < 4.78 is 7.78. The minimum Gasteiger partial charge on any atom is -0.366 e. The van der Waals surface area contributed by atoms with Crippen LogP contribution in [-0.4, -0.2) is 67.8 Å². The highest BCUT2D eigenvalue weighted by Crippen LogP contribution is 2.28. The van der Waals surface area contributed by atoms with Crippen molar-refractivity contribution in [3.05, 3.63) is 12.2 Å². The van der Waals surface area contributed by atoms with Crippen molar-refractivity contribution in [2.75, 3.05) is 37.0 Å². The van der Waals surface area contributed by atoms with E-state index in [1.54, 1.807) is 18.1 Å². The zero-order valence-electron chi connectivity index (χ0n) is 12.1. The molecule has 0 N–H and O–H groups in total. The summed E-state index contributed by atoms with van der Waals surface area (Å²) in [6.45, 7) is 4.69. The highest BCUT2D eigenvalue weighted by atomic mass is 32.2. The molecule has 8 heteroatoms. The average Bonchev–Trinajstić information content (AvgIpc) is 3.04. The van der Waals surface area contributed by atoms with Crippen molar-refractivity contribution in [1.29, 1.82) is 0 Å². The standard InChI is InChI=1S/C13H20N4O2S2/c1-2-16-9-14-15-12(16)10-7-17(3-4-19-10)13(18)11-8-20-5-6-21-11/h9-11H,2-8H2,1H3/t10-,11-/m1/s1. The molecule has 0 radical (unpaired) electrons. The summed E-state index contributed by atoms with van der Waals surface area (Å²) in [6, 6.07) is 0. The van der Waals surface area contributed by atoms with Gasteiger partial charge in [0.25, 0.3) is 0 Å². The van der Waals surface area contributed by atoms with Crippen LogP contribution < -0.4 is 0 Å². The number of thioether (sulfide) groups is 2. The Morgan fingerprint density at radius 3 is 3.19 bits per heavy atom. The van der Waals surface area contributed by atoms with E-state index in [1.165, 1.54) is 0 Å². The quantitative estimate of drug-likeness (QED) is 0.826. The van der Waals surface area contributed by atoms with E-state index < -0.39 is 0 Å². The number of nitrogens with zero attached hydrogens (tertiary/aromatic N) is 4. The second-order valence-electron chi connectivity index (χ2n) is 5.05. The number of hydrogen-bond acceptors (Lipinski definition) is 6. The number of amides is 1. The fraction of sp³-hybridized carbons (Fsp3) is 0.769. The third kappa shape index (κ3) is 3.37. The van der Waals surface area contributed by atoms with E-state index in [0.717, 1.165) is 29.6 Å². The van der Waals surface area contributed by atoms with E-state index in [2.05, 4.69) is 17.1 Å². The first kappa shape index (κ1) is 15.2. The van der Waals surface area contributed by atoms with Crippen molar-refractivity contribution in [1.82, 2.24) is 19.7 Å². The van der Waals surface area contributed by atoms with Gasteiger partial charge in [-0.25, -0.2) is 0 Å². The molecule has 0 bridgehead atoms. The molecule has 116 valence electrons. The molecular weight excluding hydrogens is 308 g/mol. The number of hydrogen-bond donors (Lipinski definition) is 0. The molecule has 1 aromatic heterocycles. The van der Waals surface area contributed by atoms with Crippen LogP contribution in [0.4, 0.5) is 0 Å². The lowest BCUT2D eigenvalue weighted by molar-refractivity contribution is -0.138. The van der Waals surface area contributed by atoms with E-state index in [4.69, 9.17) is 4.74 Å². The van der Waals surface area contributed by atoms with Crippen LogP contribution in [-0.2, 0) is 16.1 Å². The van der Waals surface area contributed by atoms with Crippen LogP contribution >= 0.6 is 23.5 Å². The maximum Gasteiger partial charge on any atom is 0.236 e. The van der Waals surface area contributed by atoms with Gasteiger partial charge in [-0.05, 0) is 6.92 Å². The summed E-state index contributed by atoms with van der Waals surface area (Å²) in [5.41, 5.74) is 0. The van der Waals surface area contributed by atoms with Crippen molar-refractivity contribution in [2.24, 2.45) is 0 Å². The van der Waals surface area contributed by atoms with Gasteiger partial charge in [0.15, 0.2) is 5.82 Å². The van der Waals surface area contributed by atoms with Gasteiger partial charge in [-0.2, -0.15) is 11.8 Å². The highest BCUT2D eigenvalue weighted by Gasteiger charge is 2.32. The van der Waals surface area contributed by atoms with Gasteiger partial charge in [0.2, 0.25) is 5.91 Å². The van der Waals surface area contributed by atoms with Gasteiger partial charge in [-0.1, -0.05) is 0 Å². The molecule has 2 aliphatic heterocycles. The Morgan fingerprint density at radius 1 is 1.52 bits per heavy atom. The lowest BCUT2D eigenvalue weighted by Crippen LogP contribution is -2.47. The van der Waals surface area contributed by atoms with Gasteiger partial charge in [0.05, 0.1) is 18.4 Å². The lowest BCUT2D eigenvalue weighted by Gasteiger charge is -2.35. The molecule has 21 heavy (non-hydrogen) atoms. The maximum absolute atomic E-state index is 12.6. The van der Waals surface area contributed by atoms with Gasteiger partial charge in [0.1, 0.15) is 12.4 Å². The van der Waals surface area contributed by atoms with Crippen molar-refractivity contribution in [3.63, 3.8) is 0 Å². The summed E-state index contributed by atoms with van der Waals surface area (Å²) >= 11 is 3.66. The van der Waals surface area contributed by atoms with Crippen molar-refractivity contribution < 1.29 is 9.53 Å². The number of morpholine rings is 1. The molecule has 2 saturated heterocycles. The van der Waals surface area contributed by atoms with E-state index in [0.29, 0.717) is 19.7 Å². The van der Waals surface area contributed by atoms with E-state index in [1.807, 2.05) is 21.2 Å². The van der Waals surface area contributed by atoms with Gasteiger partial charge in [-0.3, -0.25) is 4.79 Å². The van der Waals surface area contributed by atoms with Crippen LogP contribution in [0, 0.1) is 0 Å². The molecule has 2 aliphatic rings. The van der Waals surface area contributed by atoms with Crippen LogP contribution in [0.3, 0.4) is 0 Å². The molecule has 3 heterocycles. The Kier molecular flexibility index (Phi) is 5.07. The molecule has 0 unspecified atom stereocenters. The summed E-state index contributed by atoms with van der Waals surface area (Å²) in [6.07, 6.45) is 1.55. The predicted octanol–water partition coefficient (Wildman–Crippen LogP) is 1.05. The molecule has 0 aromatic carbocycles. The molecule has 0 spiro atoms. The maximum atomic E-state index is 12.6. The molecule has 1 aromatic rings. The second kappa shape index (κ2) is 7.02. The number of aromatic nitrogens is 3. The van der Waals surface area contributed by atoms with Gasteiger partial charge < -0.3 is 14.2 Å². The summed E-state index contributed by atoms with van der Waals surface area (Å²) in [7, 11) is 0. The Morgan fingerprint density at radius 2 is 2.43 bits per heavy atom. The van der Waals surface area contributed by atoms with E-state index in [9.17, 15) is 4.79 Å². The Bertz CT molecular complexity index is 490. The predicted molar refractivity (Wildman–Crippen MR) is 84.5 cm³/mol. The van der Waals surface area contributed by atoms with Crippen molar-refractivity contribution in [2.45, 2.75) is 24.8 Å². The molecule has 1 amide bonds. The van der Waals surface area contributed by atoms with Gasteiger partial charge in [-0.15, -0.1) is 22.0 Å². The molecule has 2 fully saturated rings. The first-order valence-corrected chi connectivity index (χ1v) is 9.47. The van der Waals surface area contributed by atoms with Crippen LogP contribution in [0.1, 0.15) is 18.9 Å². The molecule has 0 saturated carbocycles. The summed E-state index contributed by atoms with van der Waals surface area (Å²) in [4.78, 5) is 14.6. The normalized spacial score (nSPS) is 26.8. The highest BCUT2D eigenvalue weighted by molar-refractivity contribution is 8.07. The van der Waals surface area contributed by atoms with Crippen molar-refractivity contribution in [3.8, 4) is 0 Å².